The standard InChI is InChI=1S/C23H25BrN2O3/c1-3-25(4-2)14-15-26-20(16-8-6-5-7-9-16)19(22(28)23(26)29)21(27)17-10-12-18(24)13-11-17/h5-13,20,27H,3-4,14-15H2,1-2H3/b21-19+/t20-/m1/s1. The van der Waals surface area contributed by atoms with Crippen molar-refractivity contribution in [3.63, 3.8) is 0 Å². The van der Waals surface area contributed by atoms with Gasteiger partial charge in [-0.25, -0.2) is 0 Å². The summed E-state index contributed by atoms with van der Waals surface area (Å²) in [6, 6.07) is 15.8. The van der Waals surface area contributed by atoms with E-state index in [1.165, 1.54) is 0 Å². The average Bonchev–Trinajstić information content (AvgIpc) is 3.00. The fourth-order valence-corrected chi connectivity index (χ4v) is 3.91. The van der Waals surface area contributed by atoms with Gasteiger partial charge in [-0.3, -0.25) is 9.59 Å². The number of hydrogen-bond donors (Lipinski definition) is 1. The van der Waals surface area contributed by atoms with Crippen molar-refractivity contribution in [3.05, 3.63) is 75.8 Å². The zero-order valence-corrected chi connectivity index (χ0v) is 18.2. The van der Waals surface area contributed by atoms with Crippen molar-refractivity contribution in [1.29, 1.82) is 0 Å². The minimum absolute atomic E-state index is 0.142. The Bertz CT molecular complexity index is 905. The fraction of sp³-hybridized carbons (Fsp3) is 0.304. The number of amides is 1. The quantitative estimate of drug-likeness (QED) is 0.385. The van der Waals surface area contributed by atoms with E-state index < -0.39 is 17.7 Å². The van der Waals surface area contributed by atoms with Crippen molar-refractivity contribution in [2.45, 2.75) is 19.9 Å². The summed E-state index contributed by atoms with van der Waals surface area (Å²) in [5.74, 6) is -1.35. The van der Waals surface area contributed by atoms with Crippen LogP contribution in [0.1, 0.15) is 31.0 Å². The molecule has 1 amide bonds. The van der Waals surface area contributed by atoms with Crippen LogP contribution in [0.3, 0.4) is 0 Å². The number of carbonyl (C=O) groups is 2. The van der Waals surface area contributed by atoms with Crippen LogP contribution in [0.2, 0.25) is 0 Å². The van der Waals surface area contributed by atoms with Crippen molar-refractivity contribution < 1.29 is 14.7 Å². The molecule has 1 N–H and O–H groups in total. The van der Waals surface area contributed by atoms with E-state index >= 15 is 0 Å². The largest absolute Gasteiger partial charge is 0.507 e. The zero-order chi connectivity index (χ0) is 21.0. The van der Waals surface area contributed by atoms with Gasteiger partial charge in [0.2, 0.25) is 0 Å². The highest BCUT2D eigenvalue weighted by Gasteiger charge is 2.45. The molecule has 1 fully saturated rings. The highest BCUT2D eigenvalue weighted by molar-refractivity contribution is 9.10. The van der Waals surface area contributed by atoms with Crippen LogP contribution in [-0.2, 0) is 9.59 Å². The Morgan fingerprint density at radius 1 is 1.03 bits per heavy atom. The van der Waals surface area contributed by atoms with Crippen molar-refractivity contribution in [2.75, 3.05) is 26.2 Å². The first kappa shape index (κ1) is 21.3. The second kappa shape index (κ2) is 9.37. The number of rotatable bonds is 7. The summed E-state index contributed by atoms with van der Waals surface area (Å²) in [6.07, 6.45) is 0. The van der Waals surface area contributed by atoms with Gasteiger partial charge in [-0.2, -0.15) is 0 Å². The maximum atomic E-state index is 12.9. The van der Waals surface area contributed by atoms with Gasteiger partial charge in [0.15, 0.2) is 0 Å². The molecule has 1 aliphatic rings. The third kappa shape index (κ3) is 4.43. The van der Waals surface area contributed by atoms with Gasteiger partial charge in [0.25, 0.3) is 11.7 Å². The number of halogens is 1. The Balaban J connectivity index is 2.06. The number of aliphatic hydroxyl groups is 1. The van der Waals surface area contributed by atoms with Crippen molar-refractivity contribution in [3.8, 4) is 0 Å². The summed E-state index contributed by atoms with van der Waals surface area (Å²) < 4.78 is 0.869. The molecule has 152 valence electrons. The minimum Gasteiger partial charge on any atom is -0.507 e. The van der Waals surface area contributed by atoms with Gasteiger partial charge in [0.05, 0.1) is 11.6 Å². The first-order valence-corrected chi connectivity index (χ1v) is 10.6. The van der Waals surface area contributed by atoms with Gasteiger partial charge in [0.1, 0.15) is 5.76 Å². The van der Waals surface area contributed by atoms with Gasteiger partial charge >= 0.3 is 0 Å². The number of carbonyl (C=O) groups excluding carboxylic acids is 2. The van der Waals surface area contributed by atoms with Crippen LogP contribution in [0.5, 0.6) is 0 Å². The van der Waals surface area contributed by atoms with Crippen LogP contribution in [-0.4, -0.2) is 52.8 Å². The van der Waals surface area contributed by atoms with Gasteiger partial charge in [-0.1, -0.05) is 72.2 Å². The normalized spacial score (nSPS) is 18.6. The molecule has 5 nitrogen and oxygen atoms in total. The van der Waals surface area contributed by atoms with Gasteiger partial charge < -0.3 is 14.9 Å². The molecule has 0 spiro atoms. The summed E-state index contributed by atoms with van der Waals surface area (Å²) in [4.78, 5) is 29.6. The molecule has 1 saturated heterocycles. The molecule has 1 heterocycles. The summed E-state index contributed by atoms with van der Waals surface area (Å²) in [5, 5.41) is 11.0. The second-order valence-electron chi connectivity index (χ2n) is 6.94. The Kier molecular flexibility index (Phi) is 6.87. The van der Waals surface area contributed by atoms with E-state index in [2.05, 4.69) is 34.7 Å². The molecule has 0 radical (unpaired) electrons. The SMILES string of the molecule is CCN(CC)CCN1C(=O)C(=O)/C(=C(/O)c2ccc(Br)cc2)[C@H]1c1ccccc1. The monoisotopic (exact) mass is 456 g/mol. The van der Waals surface area contributed by atoms with Crippen LogP contribution in [0, 0.1) is 0 Å². The van der Waals surface area contributed by atoms with E-state index in [-0.39, 0.29) is 11.3 Å². The van der Waals surface area contributed by atoms with E-state index in [0.717, 1.165) is 23.1 Å². The molecule has 29 heavy (non-hydrogen) atoms. The van der Waals surface area contributed by atoms with Gasteiger partial charge in [-0.15, -0.1) is 0 Å². The van der Waals surface area contributed by atoms with Crippen LogP contribution in [0.15, 0.2) is 64.6 Å². The topological polar surface area (TPSA) is 60.9 Å². The first-order chi connectivity index (χ1) is 14.0. The van der Waals surface area contributed by atoms with Crippen molar-refractivity contribution in [2.24, 2.45) is 0 Å². The lowest BCUT2D eigenvalue weighted by molar-refractivity contribution is -0.140. The molecule has 0 saturated carbocycles. The van der Waals surface area contributed by atoms with E-state index in [1.54, 1.807) is 29.2 Å². The molecule has 0 aromatic heterocycles. The van der Waals surface area contributed by atoms with Crippen molar-refractivity contribution in [1.82, 2.24) is 9.80 Å². The first-order valence-electron chi connectivity index (χ1n) is 9.79. The lowest BCUT2D eigenvalue weighted by Crippen LogP contribution is -2.38. The number of hydrogen-bond acceptors (Lipinski definition) is 4. The second-order valence-corrected chi connectivity index (χ2v) is 7.85. The number of nitrogens with zero attached hydrogens (tertiary/aromatic N) is 2. The number of likely N-dealkylation sites (tertiary alicyclic amines) is 1. The molecule has 6 heteroatoms. The van der Waals surface area contributed by atoms with Gasteiger partial charge in [0, 0.05) is 23.1 Å². The molecular weight excluding hydrogens is 432 g/mol. The summed E-state index contributed by atoms with van der Waals surface area (Å²) in [5.41, 5.74) is 1.46. The van der Waals surface area contributed by atoms with Crippen LogP contribution >= 0.6 is 15.9 Å². The van der Waals surface area contributed by atoms with Crippen molar-refractivity contribution >= 4 is 33.4 Å². The van der Waals surface area contributed by atoms with Crippen LogP contribution in [0.25, 0.3) is 5.76 Å². The van der Waals surface area contributed by atoms with E-state index in [1.807, 2.05) is 30.3 Å². The molecule has 2 aromatic carbocycles. The lowest BCUT2D eigenvalue weighted by Gasteiger charge is -2.28. The smallest absolute Gasteiger partial charge is 0.295 e. The van der Waals surface area contributed by atoms with Crippen LogP contribution in [0.4, 0.5) is 0 Å². The zero-order valence-electron chi connectivity index (χ0n) is 16.6. The molecule has 1 aliphatic heterocycles. The summed E-state index contributed by atoms with van der Waals surface area (Å²) in [7, 11) is 0. The number of aliphatic hydroxyl groups excluding tert-OH is 1. The maximum Gasteiger partial charge on any atom is 0.295 e. The minimum atomic E-state index is -0.640. The number of likely N-dealkylation sites (N-methyl/N-ethyl adjacent to an activating group) is 1. The summed E-state index contributed by atoms with van der Waals surface area (Å²) in [6.45, 7) is 6.97. The highest BCUT2D eigenvalue weighted by atomic mass is 79.9. The van der Waals surface area contributed by atoms with E-state index in [9.17, 15) is 14.7 Å². The summed E-state index contributed by atoms with van der Waals surface area (Å²) >= 11 is 3.37. The fourth-order valence-electron chi connectivity index (χ4n) is 3.64. The average molecular weight is 457 g/mol. The highest BCUT2D eigenvalue weighted by Crippen LogP contribution is 2.39. The molecular formula is C23H25BrN2O3. The third-order valence-electron chi connectivity index (χ3n) is 5.32. The molecule has 2 aromatic rings. The molecule has 0 aliphatic carbocycles. The maximum absolute atomic E-state index is 12.9. The Morgan fingerprint density at radius 3 is 2.24 bits per heavy atom. The predicted molar refractivity (Wildman–Crippen MR) is 117 cm³/mol. The Hall–Kier alpha value is -2.44. The van der Waals surface area contributed by atoms with Gasteiger partial charge in [-0.05, 0) is 30.8 Å². The van der Waals surface area contributed by atoms with E-state index in [4.69, 9.17) is 0 Å². The Labute approximate surface area is 179 Å². The molecule has 0 unspecified atom stereocenters. The Morgan fingerprint density at radius 2 is 1.66 bits per heavy atom. The molecule has 3 rings (SSSR count). The van der Waals surface area contributed by atoms with E-state index in [0.29, 0.717) is 18.7 Å². The predicted octanol–water partition coefficient (Wildman–Crippen LogP) is 4.21. The third-order valence-corrected chi connectivity index (χ3v) is 5.85. The lowest BCUT2D eigenvalue weighted by atomic mass is 9.95. The molecule has 0 bridgehead atoms. The number of benzene rings is 2. The number of ketones is 1. The number of Topliss-reactive ketones (excluding diaryl/α,β-unsaturated/α-hetero) is 1. The molecule has 1 atom stereocenters. The van der Waals surface area contributed by atoms with Crippen LogP contribution < -0.4 is 0 Å².